The lowest BCUT2D eigenvalue weighted by molar-refractivity contribution is -0.137. The van der Waals surface area contributed by atoms with E-state index in [4.69, 9.17) is 14.4 Å². The van der Waals surface area contributed by atoms with E-state index in [0.29, 0.717) is 37.0 Å². The Bertz CT molecular complexity index is 1380. The molecule has 0 spiro atoms. The van der Waals surface area contributed by atoms with Crippen molar-refractivity contribution >= 4 is 11.7 Å². The molecule has 2 bridgehead atoms. The van der Waals surface area contributed by atoms with Gasteiger partial charge in [0.15, 0.2) is 0 Å². The Labute approximate surface area is 220 Å². The molecule has 1 saturated carbocycles. The highest BCUT2D eigenvalue weighted by molar-refractivity contribution is 5.88. The number of piperidine rings is 1. The summed E-state index contributed by atoms with van der Waals surface area (Å²) in [6, 6.07) is 6.46. The van der Waals surface area contributed by atoms with E-state index in [1.807, 2.05) is 0 Å². The maximum Gasteiger partial charge on any atom is 0.417 e. The zero-order valence-electron chi connectivity index (χ0n) is 20.7. The molecule has 2 aliphatic heterocycles. The predicted octanol–water partition coefficient (Wildman–Crippen LogP) is 6.93. The van der Waals surface area contributed by atoms with E-state index >= 15 is 0 Å². The average Bonchev–Trinajstić information content (AvgIpc) is 3.59. The van der Waals surface area contributed by atoms with Crippen molar-refractivity contribution in [3.63, 3.8) is 0 Å². The van der Waals surface area contributed by atoms with E-state index in [0.717, 1.165) is 31.0 Å². The molecule has 2 atom stereocenters. The Kier molecular flexibility index (Phi) is 6.36. The third-order valence-electron chi connectivity index (χ3n) is 7.93. The van der Waals surface area contributed by atoms with E-state index in [1.165, 1.54) is 18.2 Å². The SMILES string of the molecule is O=C(O)c1cc(F)c(N2C3CCC2CC(OCc2c(-c4ccccc4C(F)(F)F)noc2C2CC2)C3)c(F)c1. The lowest BCUT2D eigenvalue weighted by Crippen LogP contribution is -2.46. The lowest BCUT2D eigenvalue weighted by Gasteiger charge is -2.40. The maximum absolute atomic E-state index is 14.8. The number of halogens is 5. The van der Waals surface area contributed by atoms with Gasteiger partial charge in [-0.1, -0.05) is 23.4 Å². The first-order valence-corrected chi connectivity index (χ1v) is 12.9. The van der Waals surface area contributed by atoms with Crippen LogP contribution in [0.3, 0.4) is 0 Å². The van der Waals surface area contributed by atoms with Gasteiger partial charge < -0.3 is 19.3 Å². The number of carbonyl (C=O) groups is 1. The molecule has 6 rings (SSSR count). The van der Waals surface area contributed by atoms with E-state index in [-0.39, 0.29) is 47.7 Å². The number of nitrogens with zero attached hydrogens (tertiary/aromatic N) is 2. The molecule has 6 nitrogen and oxygen atoms in total. The summed E-state index contributed by atoms with van der Waals surface area (Å²) < 4.78 is 82.6. The van der Waals surface area contributed by atoms with Crippen molar-refractivity contribution in [3.8, 4) is 11.3 Å². The fourth-order valence-corrected chi connectivity index (χ4v) is 6.04. The van der Waals surface area contributed by atoms with Gasteiger partial charge >= 0.3 is 12.1 Å². The second-order valence-electron chi connectivity index (χ2n) is 10.5. The molecule has 0 radical (unpaired) electrons. The second-order valence-corrected chi connectivity index (χ2v) is 10.5. The van der Waals surface area contributed by atoms with Crippen LogP contribution < -0.4 is 4.90 Å². The molecule has 1 N–H and O–H groups in total. The largest absolute Gasteiger partial charge is 0.478 e. The van der Waals surface area contributed by atoms with Crippen LogP contribution in [-0.4, -0.2) is 34.4 Å². The molecular formula is C28H25F5N2O4. The van der Waals surface area contributed by atoms with Gasteiger partial charge in [0.2, 0.25) is 0 Å². The molecule has 3 aromatic rings. The number of carboxylic acid groups (broad SMARTS) is 1. The number of carboxylic acids is 1. The summed E-state index contributed by atoms with van der Waals surface area (Å²) in [6.45, 7) is 0.0109. The zero-order chi connectivity index (χ0) is 27.5. The van der Waals surface area contributed by atoms with Gasteiger partial charge in [-0.2, -0.15) is 13.2 Å². The molecule has 2 aromatic carbocycles. The fraction of sp³-hybridized carbons (Fsp3) is 0.429. The van der Waals surface area contributed by atoms with Gasteiger partial charge in [0.05, 0.1) is 23.8 Å². The maximum atomic E-state index is 14.8. The first kappa shape index (κ1) is 25.8. The summed E-state index contributed by atoms with van der Waals surface area (Å²) in [4.78, 5) is 12.9. The Balaban J connectivity index is 1.23. The van der Waals surface area contributed by atoms with Crippen LogP contribution in [0.5, 0.6) is 0 Å². The van der Waals surface area contributed by atoms with Crippen molar-refractivity contribution in [2.24, 2.45) is 0 Å². The molecular weight excluding hydrogens is 523 g/mol. The van der Waals surface area contributed by atoms with Crippen LogP contribution in [0.4, 0.5) is 27.6 Å². The van der Waals surface area contributed by atoms with Gasteiger partial charge in [0.25, 0.3) is 0 Å². The molecule has 206 valence electrons. The minimum Gasteiger partial charge on any atom is -0.478 e. The predicted molar refractivity (Wildman–Crippen MR) is 129 cm³/mol. The summed E-state index contributed by atoms with van der Waals surface area (Å²) in [5, 5.41) is 13.1. The third-order valence-corrected chi connectivity index (χ3v) is 7.93. The van der Waals surface area contributed by atoms with Crippen LogP contribution in [0, 0.1) is 11.6 Å². The van der Waals surface area contributed by atoms with Crippen LogP contribution in [0.15, 0.2) is 40.9 Å². The average molecular weight is 549 g/mol. The van der Waals surface area contributed by atoms with Gasteiger partial charge in [-0.15, -0.1) is 0 Å². The van der Waals surface area contributed by atoms with Crippen molar-refractivity contribution in [2.45, 2.75) is 75.4 Å². The highest BCUT2D eigenvalue weighted by atomic mass is 19.4. The van der Waals surface area contributed by atoms with Gasteiger partial charge in [-0.3, -0.25) is 0 Å². The van der Waals surface area contributed by atoms with Gasteiger partial charge in [0, 0.05) is 29.1 Å². The van der Waals surface area contributed by atoms with Crippen molar-refractivity contribution in [1.29, 1.82) is 0 Å². The summed E-state index contributed by atoms with van der Waals surface area (Å²) in [7, 11) is 0. The zero-order valence-corrected chi connectivity index (χ0v) is 20.7. The Morgan fingerprint density at radius 3 is 2.28 bits per heavy atom. The molecule has 3 heterocycles. The summed E-state index contributed by atoms with van der Waals surface area (Å²) in [5.41, 5.74) is -0.927. The first-order chi connectivity index (χ1) is 18.6. The van der Waals surface area contributed by atoms with E-state index in [1.54, 1.807) is 4.90 Å². The number of rotatable bonds is 7. The summed E-state index contributed by atoms with van der Waals surface area (Å²) in [6.07, 6.45) is -0.804. The minimum absolute atomic E-state index is 0.0109. The molecule has 2 unspecified atom stereocenters. The van der Waals surface area contributed by atoms with Crippen molar-refractivity contribution in [1.82, 2.24) is 5.16 Å². The van der Waals surface area contributed by atoms with Crippen LogP contribution >= 0.6 is 0 Å². The van der Waals surface area contributed by atoms with E-state index < -0.39 is 34.9 Å². The molecule has 3 aliphatic rings. The van der Waals surface area contributed by atoms with Gasteiger partial charge in [0.1, 0.15) is 28.8 Å². The second kappa shape index (κ2) is 9.62. The van der Waals surface area contributed by atoms with Gasteiger partial charge in [-0.25, -0.2) is 13.6 Å². The number of hydrogen-bond acceptors (Lipinski definition) is 5. The Morgan fingerprint density at radius 2 is 1.69 bits per heavy atom. The topological polar surface area (TPSA) is 75.8 Å². The number of hydrogen-bond donors (Lipinski definition) is 1. The number of alkyl halides is 3. The van der Waals surface area contributed by atoms with Crippen molar-refractivity contribution in [3.05, 3.63) is 70.5 Å². The van der Waals surface area contributed by atoms with E-state index in [2.05, 4.69) is 5.16 Å². The van der Waals surface area contributed by atoms with Gasteiger partial charge in [-0.05, 0) is 56.7 Å². The molecule has 39 heavy (non-hydrogen) atoms. The standard InChI is InChI=1S/C28H25F5N2O4/c29-22-9-15(27(36)37)10-23(30)25(22)35-16-7-8-17(35)12-18(11-16)38-13-20-24(34-39-26(20)14-5-6-14)19-3-1-2-4-21(19)28(31,32)33/h1-4,9-10,14,16-18H,5-8,11-13H2,(H,36,37). The number of aromatic carboxylic acids is 1. The van der Waals surface area contributed by atoms with Crippen molar-refractivity contribution < 1.29 is 41.1 Å². The van der Waals surface area contributed by atoms with E-state index in [9.17, 15) is 26.7 Å². The van der Waals surface area contributed by atoms with Crippen LogP contribution in [-0.2, 0) is 17.5 Å². The number of ether oxygens (including phenoxy) is 1. The van der Waals surface area contributed by atoms with Crippen molar-refractivity contribution in [2.75, 3.05) is 4.90 Å². The van der Waals surface area contributed by atoms with Crippen LogP contribution in [0.2, 0.25) is 0 Å². The molecule has 11 heteroatoms. The third kappa shape index (κ3) is 4.77. The number of fused-ring (bicyclic) bond motifs is 2. The first-order valence-electron chi connectivity index (χ1n) is 12.9. The molecule has 3 fully saturated rings. The fourth-order valence-electron chi connectivity index (χ4n) is 6.04. The Morgan fingerprint density at radius 1 is 1.05 bits per heavy atom. The number of anilines is 1. The number of aromatic nitrogens is 1. The summed E-state index contributed by atoms with van der Waals surface area (Å²) in [5.74, 6) is -2.61. The summed E-state index contributed by atoms with van der Waals surface area (Å²) >= 11 is 0. The highest BCUT2D eigenvalue weighted by Crippen LogP contribution is 2.47. The molecule has 1 aliphatic carbocycles. The minimum atomic E-state index is -4.56. The quantitative estimate of drug-likeness (QED) is 0.323. The molecule has 2 saturated heterocycles. The Hall–Kier alpha value is -3.47. The van der Waals surface area contributed by atoms with Crippen LogP contribution in [0.25, 0.3) is 11.3 Å². The molecule has 0 amide bonds. The highest BCUT2D eigenvalue weighted by Gasteiger charge is 2.44. The smallest absolute Gasteiger partial charge is 0.417 e. The monoisotopic (exact) mass is 548 g/mol. The lowest BCUT2D eigenvalue weighted by atomic mass is 9.97. The van der Waals surface area contributed by atoms with Crippen LogP contribution in [0.1, 0.15) is 71.7 Å². The molecule has 1 aromatic heterocycles. The number of benzene rings is 2. The normalized spacial score (nSPS) is 22.9.